The minimum absolute atomic E-state index is 0.699. The summed E-state index contributed by atoms with van der Waals surface area (Å²) in [5, 5.41) is 0. The summed E-state index contributed by atoms with van der Waals surface area (Å²) in [4.78, 5) is 2.71. The topological polar surface area (TPSA) is 3.24 Å². The van der Waals surface area contributed by atoms with Gasteiger partial charge >= 0.3 is 0 Å². The van der Waals surface area contributed by atoms with E-state index in [2.05, 4.69) is 18.7 Å². The molecule has 0 amide bonds. The largest absolute Gasteiger partial charge is 0.301 e. The predicted octanol–water partition coefficient (Wildman–Crippen LogP) is 3.34. The van der Waals surface area contributed by atoms with Crippen molar-refractivity contribution in [2.45, 2.75) is 63.3 Å². The monoisotopic (exact) mass is 211 g/mol. The molecule has 0 aromatic heterocycles. The average Bonchev–Trinajstić information content (AvgIpc) is 2.47. The van der Waals surface area contributed by atoms with Crippen LogP contribution in [0.1, 0.15) is 33.1 Å². The van der Waals surface area contributed by atoms with E-state index >= 15 is 0 Å². The van der Waals surface area contributed by atoms with Crippen molar-refractivity contribution in [3.8, 4) is 0 Å². The molecular formula is C12H25NSi. The van der Waals surface area contributed by atoms with Gasteiger partial charge in [-0.1, -0.05) is 31.0 Å². The van der Waals surface area contributed by atoms with Crippen molar-refractivity contribution in [1.29, 1.82) is 0 Å². The van der Waals surface area contributed by atoms with E-state index in [0.29, 0.717) is 0 Å². The molecule has 2 rings (SSSR count). The molecule has 2 aliphatic rings. The second-order valence-electron chi connectivity index (χ2n) is 5.69. The molecule has 0 unspecified atom stereocenters. The molecule has 1 spiro atoms. The van der Waals surface area contributed by atoms with Gasteiger partial charge in [0.2, 0.25) is 0 Å². The third-order valence-corrected chi connectivity index (χ3v) is 10.0. The summed E-state index contributed by atoms with van der Waals surface area (Å²) < 4.78 is 0. The number of rotatable bonds is 1. The van der Waals surface area contributed by atoms with E-state index < -0.39 is 8.07 Å². The maximum atomic E-state index is 2.71. The van der Waals surface area contributed by atoms with Crippen molar-refractivity contribution in [3.63, 3.8) is 0 Å². The molecule has 0 atom stereocenters. The summed E-state index contributed by atoms with van der Waals surface area (Å²) in [5.41, 5.74) is 0. The highest BCUT2D eigenvalue weighted by atomic mass is 28.3. The van der Waals surface area contributed by atoms with Crippen molar-refractivity contribution < 1.29 is 0 Å². The fourth-order valence-corrected chi connectivity index (χ4v) is 8.59. The number of hydrogen-bond donors (Lipinski definition) is 0. The van der Waals surface area contributed by atoms with Crippen LogP contribution in [-0.4, -0.2) is 32.1 Å². The lowest BCUT2D eigenvalue weighted by atomic mass is 10.3. The van der Waals surface area contributed by atoms with E-state index in [1.807, 2.05) is 0 Å². The van der Waals surface area contributed by atoms with Gasteiger partial charge in [-0.2, -0.15) is 0 Å². The van der Waals surface area contributed by atoms with Gasteiger partial charge < -0.3 is 4.90 Å². The summed E-state index contributed by atoms with van der Waals surface area (Å²) in [6.45, 7) is 7.51. The van der Waals surface area contributed by atoms with Gasteiger partial charge in [-0.3, -0.25) is 0 Å². The highest BCUT2D eigenvalue weighted by Gasteiger charge is 2.37. The van der Waals surface area contributed by atoms with E-state index in [1.54, 1.807) is 37.0 Å². The van der Waals surface area contributed by atoms with E-state index in [-0.39, 0.29) is 0 Å². The summed E-state index contributed by atoms with van der Waals surface area (Å²) >= 11 is 0. The lowest BCUT2D eigenvalue weighted by Gasteiger charge is -2.27. The fraction of sp³-hybridized carbons (Fsp3) is 1.00. The van der Waals surface area contributed by atoms with Crippen LogP contribution in [0.15, 0.2) is 0 Å². The molecule has 2 saturated heterocycles. The zero-order chi connectivity index (χ0) is 10.0. The number of nitrogens with zero attached hydrogens (tertiary/aromatic N) is 1. The van der Waals surface area contributed by atoms with Crippen molar-refractivity contribution in [3.05, 3.63) is 0 Å². The Kier molecular flexibility index (Phi) is 3.33. The van der Waals surface area contributed by atoms with Crippen molar-refractivity contribution in [2.24, 2.45) is 0 Å². The summed E-state index contributed by atoms with van der Waals surface area (Å²) in [6, 6.07) is 7.37. The van der Waals surface area contributed by atoms with Crippen LogP contribution in [-0.2, 0) is 0 Å². The van der Waals surface area contributed by atoms with Crippen molar-refractivity contribution in [2.75, 3.05) is 13.1 Å². The second-order valence-corrected chi connectivity index (χ2v) is 10.7. The molecule has 0 aromatic rings. The van der Waals surface area contributed by atoms with E-state index in [9.17, 15) is 0 Å². The minimum atomic E-state index is -0.699. The first kappa shape index (κ1) is 10.7. The van der Waals surface area contributed by atoms with Crippen LogP contribution in [0, 0.1) is 0 Å². The van der Waals surface area contributed by atoms with Gasteiger partial charge in [-0.15, -0.1) is 0 Å². The van der Waals surface area contributed by atoms with Gasteiger partial charge in [0, 0.05) is 6.04 Å². The lowest BCUT2D eigenvalue weighted by molar-refractivity contribution is 0.238. The van der Waals surface area contributed by atoms with Gasteiger partial charge in [0.1, 0.15) is 0 Å². The Balaban J connectivity index is 1.93. The van der Waals surface area contributed by atoms with Crippen LogP contribution < -0.4 is 0 Å². The second kappa shape index (κ2) is 4.36. The van der Waals surface area contributed by atoms with Crippen LogP contribution in [0.3, 0.4) is 0 Å². The molecule has 0 aliphatic carbocycles. The minimum Gasteiger partial charge on any atom is -0.301 e. The molecule has 0 bridgehead atoms. The van der Waals surface area contributed by atoms with E-state index in [4.69, 9.17) is 0 Å². The molecule has 0 radical (unpaired) electrons. The normalized spacial score (nSPS) is 28.5. The Morgan fingerprint density at radius 2 is 1.50 bits per heavy atom. The molecule has 0 N–H and O–H groups in total. The number of hydrogen-bond acceptors (Lipinski definition) is 1. The third kappa shape index (κ3) is 2.22. The van der Waals surface area contributed by atoms with Gasteiger partial charge in [0.15, 0.2) is 0 Å². The van der Waals surface area contributed by atoms with Crippen LogP contribution >= 0.6 is 0 Å². The lowest BCUT2D eigenvalue weighted by Crippen LogP contribution is -2.34. The van der Waals surface area contributed by atoms with Crippen LogP contribution in [0.5, 0.6) is 0 Å². The highest BCUT2D eigenvalue weighted by molar-refractivity contribution is 6.80. The van der Waals surface area contributed by atoms with Gasteiger partial charge in [-0.05, 0) is 39.4 Å². The molecule has 2 fully saturated rings. The molecule has 82 valence electrons. The maximum absolute atomic E-state index is 2.71. The van der Waals surface area contributed by atoms with Gasteiger partial charge in [0.25, 0.3) is 0 Å². The molecule has 1 nitrogen and oxygen atoms in total. The molecule has 14 heavy (non-hydrogen) atoms. The SMILES string of the molecule is CC(C)N1CCC[Si]2(CCCC2)CC1. The summed E-state index contributed by atoms with van der Waals surface area (Å²) in [6.07, 6.45) is 4.63. The Morgan fingerprint density at radius 3 is 2.14 bits per heavy atom. The quantitative estimate of drug-likeness (QED) is 0.601. The Bertz CT molecular complexity index is 185. The first-order valence-electron chi connectivity index (χ1n) is 6.46. The van der Waals surface area contributed by atoms with E-state index in [1.165, 1.54) is 19.5 Å². The fourth-order valence-electron chi connectivity index (χ4n) is 3.42. The average molecular weight is 211 g/mol. The Hall–Kier alpha value is 0.177. The van der Waals surface area contributed by atoms with Crippen LogP contribution in [0.2, 0.25) is 24.2 Å². The molecular weight excluding hydrogens is 186 g/mol. The molecule has 2 aliphatic heterocycles. The maximum Gasteiger partial charge on any atom is 0.0548 e. The van der Waals surface area contributed by atoms with E-state index in [0.717, 1.165) is 6.04 Å². The first-order valence-corrected chi connectivity index (χ1v) is 9.29. The van der Waals surface area contributed by atoms with Crippen molar-refractivity contribution in [1.82, 2.24) is 4.90 Å². The zero-order valence-corrected chi connectivity index (χ0v) is 10.9. The smallest absolute Gasteiger partial charge is 0.0548 e. The standard InChI is InChI=1S/C12H25NSi/c1-12(2)13-6-5-10-14(11-7-13)8-3-4-9-14/h12H,3-11H2,1-2H3. The van der Waals surface area contributed by atoms with Crippen LogP contribution in [0.4, 0.5) is 0 Å². The Labute approximate surface area is 89.9 Å². The third-order valence-electron chi connectivity index (χ3n) is 4.48. The summed E-state index contributed by atoms with van der Waals surface area (Å²) in [5.74, 6) is 0. The predicted molar refractivity (Wildman–Crippen MR) is 65.5 cm³/mol. The molecule has 2 heterocycles. The molecule has 0 aromatic carbocycles. The summed E-state index contributed by atoms with van der Waals surface area (Å²) in [7, 11) is -0.699. The molecule has 0 saturated carbocycles. The first-order chi connectivity index (χ1) is 6.72. The molecule has 2 heteroatoms. The van der Waals surface area contributed by atoms with Crippen molar-refractivity contribution >= 4 is 8.07 Å². The van der Waals surface area contributed by atoms with Crippen LogP contribution in [0.25, 0.3) is 0 Å². The van der Waals surface area contributed by atoms with Gasteiger partial charge in [0.05, 0.1) is 8.07 Å². The zero-order valence-electron chi connectivity index (χ0n) is 9.89. The van der Waals surface area contributed by atoms with Gasteiger partial charge in [-0.25, -0.2) is 0 Å². The highest BCUT2D eigenvalue weighted by Crippen LogP contribution is 2.39. The Morgan fingerprint density at radius 1 is 0.857 bits per heavy atom.